The second-order valence-electron chi connectivity index (χ2n) is 9.02. The standard InChI is InChI=1S/C24H30N6O/c1-16-5-6-21(17(2)7-16)13-29-15-30-24(26-14-27-30)22-8-20(9-25-23(22)29)12-28-10-18(3)31-19(4)11-28/h5-9,14,18-19H,10-13,15H2,1-4H3/t18-,19+. The monoisotopic (exact) mass is 418 g/mol. The Morgan fingerprint density at radius 2 is 1.84 bits per heavy atom. The second kappa shape index (κ2) is 8.05. The SMILES string of the molecule is Cc1ccc(CN2Cn3ncnc3-c3cc(CN4C[C@@H](C)O[C@@H](C)C4)cnc32)c(C)c1. The summed E-state index contributed by atoms with van der Waals surface area (Å²) >= 11 is 0. The maximum absolute atomic E-state index is 5.88. The molecule has 0 radical (unpaired) electrons. The minimum atomic E-state index is 0.255. The summed E-state index contributed by atoms with van der Waals surface area (Å²) in [5.74, 6) is 1.87. The van der Waals surface area contributed by atoms with Crippen LogP contribution in [0.15, 0.2) is 36.8 Å². The highest BCUT2D eigenvalue weighted by atomic mass is 16.5. The number of aryl methyl sites for hydroxylation is 2. The summed E-state index contributed by atoms with van der Waals surface area (Å²) in [5.41, 5.74) is 6.15. The van der Waals surface area contributed by atoms with Crippen LogP contribution in [0.5, 0.6) is 0 Å². The summed E-state index contributed by atoms with van der Waals surface area (Å²) in [6.45, 7) is 12.8. The van der Waals surface area contributed by atoms with Crippen molar-refractivity contribution in [2.24, 2.45) is 0 Å². The van der Waals surface area contributed by atoms with Gasteiger partial charge in [0.15, 0.2) is 5.82 Å². The van der Waals surface area contributed by atoms with E-state index < -0.39 is 0 Å². The Bertz CT molecular complexity index is 1080. The number of benzene rings is 1. The average molecular weight is 419 g/mol. The lowest BCUT2D eigenvalue weighted by Crippen LogP contribution is -2.44. The number of hydrogen-bond donors (Lipinski definition) is 0. The van der Waals surface area contributed by atoms with E-state index in [4.69, 9.17) is 9.72 Å². The Labute approximate surface area is 183 Å². The summed E-state index contributed by atoms with van der Waals surface area (Å²) in [6.07, 6.45) is 4.17. The zero-order valence-corrected chi connectivity index (χ0v) is 18.7. The number of ether oxygens (including phenoxy) is 1. The number of morpholine rings is 1. The van der Waals surface area contributed by atoms with Crippen LogP contribution in [0.1, 0.15) is 36.1 Å². The highest BCUT2D eigenvalue weighted by molar-refractivity contribution is 5.73. The van der Waals surface area contributed by atoms with Crippen molar-refractivity contribution >= 4 is 5.82 Å². The van der Waals surface area contributed by atoms with Crippen LogP contribution in [-0.2, 0) is 24.5 Å². The van der Waals surface area contributed by atoms with E-state index in [9.17, 15) is 0 Å². The van der Waals surface area contributed by atoms with Gasteiger partial charge in [-0.3, -0.25) is 4.90 Å². The summed E-state index contributed by atoms with van der Waals surface area (Å²) in [6, 6.07) is 8.87. The van der Waals surface area contributed by atoms with Gasteiger partial charge in [-0.25, -0.2) is 14.6 Å². The summed E-state index contributed by atoms with van der Waals surface area (Å²) in [5, 5.41) is 4.46. The van der Waals surface area contributed by atoms with Crippen molar-refractivity contribution in [1.29, 1.82) is 0 Å². The zero-order chi connectivity index (χ0) is 21.5. The van der Waals surface area contributed by atoms with E-state index in [2.05, 4.69) is 71.8 Å². The predicted octanol–water partition coefficient (Wildman–Crippen LogP) is 3.54. The maximum Gasteiger partial charge on any atom is 0.163 e. The predicted molar refractivity (Wildman–Crippen MR) is 121 cm³/mol. The van der Waals surface area contributed by atoms with Gasteiger partial charge >= 0.3 is 0 Å². The number of aromatic nitrogens is 4. The van der Waals surface area contributed by atoms with Gasteiger partial charge in [-0.05, 0) is 50.5 Å². The van der Waals surface area contributed by atoms with Crippen molar-refractivity contribution < 1.29 is 4.74 Å². The number of anilines is 1. The van der Waals surface area contributed by atoms with Crippen LogP contribution in [-0.4, -0.2) is 49.9 Å². The molecule has 1 saturated heterocycles. The fourth-order valence-corrected chi connectivity index (χ4v) is 4.83. The molecule has 162 valence electrons. The zero-order valence-electron chi connectivity index (χ0n) is 18.7. The molecule has 2 aliphatic rings. The Morgan fingerprint density at radius 3 is 2.61 bits per heavy atom. The number of pyridine rings is 1. The van der Waals surface area contributed by atoms with Gasteiger partial charge in [0, 0.05) is 32.4 Å². The Hall–Kier alpha value is -2.77. The van der Waals surface area contributed by atoms with E-state index in [0.717, 1.165) is 43.4 Å². The maximum atomic E-state index is 5.88. The Balaban J connectivity index is 1.44. The third-order valence-electron chi connectivity index (χ3n) is 6.14. The molecule has 31 heavy (non-hydrogen) atoms. The first-order valence-corrected chi connectivity index (χ1v) is 11.0. The molecule has 0 N–H and O–H groups in total. The van der Waals surface area contributed by atoms with E-state index in [0.29, 0.717) is 6.67 Å². The smallest absolute Gasteiger partial charge is 0.163 e. The molecule has 2 aromatic heterocycles. The molecule has 2 aliphatic heterocycles. The normalized spacial score (nSPS) is 21.1. The highest BCUT2D eigenvalue weighted by Crippen LogP contribution is 2.34. The first kappa shape index (κ1) is 20.2. The van der Waals surface area contributed by atoms with E-state index in [1.807, 2.05) is 10.9 Å². The van der Waals surface area contributed by atoms with Crippen LogP contribution in [0.2, 0.25) is 0 Å². The summed E-state index contributed by atoms with van der Waals surface area (Å²) in [4.78, 5) is 14.2. The van der Waals surface area contributed by atoms with Crippen molar-refractivity contribution in [2.45, 2.75) is 59.7 Å². The molecule has 1 fully saturated rings. The lowest BCUT2D eigenvalue weighted by molar-refractivity contribution is -0.0705. The van der Waals surface area contributed by atoms with E-state index in [1.54, 1.807) is 6.33 Å². The lowest BCUT2D eigenvalue weighted by atomic mass is 10.0. The van der Waals surface area contributed by atoms with E-state index in [1.165, 1.54) is 22.3 Å². The molecule has 3 aromatic rings. The van der Waals surface area contributed by atoms with E-state index in [-0.39, 0.29) is 12.2 Å². The number of rotatable bonds is 4. The average Bonchev–Trinajstić information content (AvgIpc) is 3.18. The molecule has 0 spiro atoms. The largest absolute Gasteiger partial charge is 0.373 e. The van der Waals surface area contributed by atoms with Crippen LogP contribution in [0, 0.1) is 13.8 Å². The molecule has 7 heteroatoms. The van der Waals surface area contributed by atoms with Gasteiger partial charge in [0.2, 0.25) is 0 Å². The Morgan fingerprint density at radius 1 is 1.03 bits per heavy atom. The van der Waals surface area contributed by atoms with Crippen molar-refractivity contribution in [3.63, 3.8) is 0 Å². The number of fused-ring (bicyclic) bond motifs is 3. The van der Waals surface area contributed by atoms with Gasteiger partial charge in [0.1, 0.15) is 18.8 Å². The quantitative estimate of drug-likeness (QED) is 0.646. The van der Waals surface area contributed by atoms with Crippen LogP contribution in [0.4, 0.5) is 5.82 Å². The van der Waals surface area contributed by atoms with Crippen molar-refractivity contribution in [3.8, 4) is 11.4 Å². The lowest BCUT2D eigenvalue weighted by Gasteiger charge is -2.35. The molecule has 7 nitrogen and oxygen atoms in total. The molecule has 0 bridgehead atoms. The molecule has 5 rings (SSSR count). The van der Waals surface area contributed by atoms with Gasteiger partial charge in [-0.1, -0.05) is 23.8 Å². The molecule has 2 atom stereocenters. The van der Waals surface area contributed by atoms with Gasteiger partial charge in [0.05, 0.1) is 17.8 Å². The van der Waals surface area contributed by atoms with E-state index >= 15 is 0 Å². The van der Waals surface area contributed by atoms with Gasteiger partial charge in [0.25, 0.3) is 0 Å². The third kappa shape index (κ3) is 4.07. The molecular weight excluding hydrogens is 388 g/mol. The van der Waals surface area contributed by atoms with Crippen LogP contribution < -0.4 is 4.90 Å². The Kier molecular flexibility index (Phi) is 5.24. The minimum absolute atomic E-state index is 0.255. The highest BCUT2D eigenvalue weighted by Gasteiger charge is 2.27. The molecule has 0 unspecified atom stereocenters. The molecule has 0 aliphatic carbocycles. The van der Waals surface area contributed by atoms with Crippen molar-refractivity contribution in [3.05, 3.63) is 59.0 Å². The topological polar surface area (TPSA) is 59.3 Å². The van der Waals surface area contributed by atoms with Crippen molar-refractivity contribution in [2.75, 3.05) is 18.0 Å². The molecule has 1 aromatic carbocycles. The van der Waals surface area contributed by atoms with Crippen LogP contribution in [0.3, 0.4) is 0 Å². The minimum Gasteiger partial charge on any atom is -0.373 e. The van der Waals surface area contributed by atoms with Gasteiger partial charge in [-0.15, -0.1) is 0 Å². The molecule has 4 heterocycles. The summed E-state index contributed by atoms with van der Waals surface area (Å²) in [7, 11) is 0. The first-order valence-electron chi connectivity index (χ1n) is 11.0. The third-order valence-corrected chi connectivity index (χ3v) is 6.14. The summed E-state index contributed by atoms with van der Waals surface area (Å²) < 4.78 is 7.85. The van der Waals surface area contributed by atoms with Gasteiger partial charge in [-0.2, -0.15) is 5.10 Å². The number of hydrogen-bond acceptors (Lipinski definition) is 6. The fourth-order valence-electron chi connectivity index (χ4n) is 4.83. The van der Waals surface area contributed by atoms with Gasteiger partial charge < -0.3 is 9.64 Å². The van der Waals surface area contributed by atoms with Crippen LogP contribution in [0.25, 0.3) is 11.4 Å². The fraction of sp³-hybridized carbons (Fsp3) is 0.458. The van der Waals surface area contributed by atoms with Crippen molar-refractivity contribution in [1.82, 2.24) is 24.6 Å². The second-order valence-corrected chi connectivity index (χ2v) is 9.02. The molecule has 0 saturated carbocycles. The molecule has 0 amide bonds. The first-order chi connectivity index (χ1) is 15.0. The van der Waals surface area contributed by atoms with Crippen LogP contribution >= 0.6 is 0 Å². The number of nitrogens with zero attached hydrogens (tertiary/aromatic N) is 6. The molecular formula is C24H30N6O.